The molecule has 0 radical (unpaired) electrons. The minimum absolute atomic E-state index is 0.0272. The van der Waals surface area contributed by atoms with E-state index in [0.29, 0.717) is 6.54 Å². The molecule has 0 spiro atoms. The summed E-state index contributed by atoms with van der Waals surface area (Å²) in [5.41, 5.74) is 5.31. The lowest BCUT2D eigenvalue weighted by Gasteiger charge is -2.03. The second-order valence-corrected chi connectivity index (χ2v) is 1.77. The van der Waals surface area contributed by atoms with Crippen LogP contribution in [0.4, 0.5) is 0 Å². The van der Waals surface area contributed by atoms with Gasteiger partial charge in [-0.05, 0) is 14.0 Å². The smallest absolute Gasteiger partial charge is 0.147 e. The molecule has 48 valence electrons. The molecule has 3 heteroatoms. The fourth-order valence-corrected chi connectivity index (χ4v) is 0.364. The van der Waals surface area contributed by atoms with E-state index in [2.05, 4.69) is 5.32 Å². The first kappa shape index (κ1) is 7.59. The third-order valence-electron chi connectivity index (χ3n) is 0.946. The van der Waals surface area contributed by atoms with Gasteiger partial charge in [0.25, 0.3) is 0 Å². The largest absolute Gasteiger partial charge is 0.320 e. The third-order valence-corrected chi connectivity index (χ3v) is 0.946. The molecule has 3 N–H and O–H groups in total. The van der Waals surface area contributed by atoms with Crippen molar-refractivity contribution in [3.8, 4) is 0 Å². The van der Waals surface area contributed by atoms with Crippen LogP contribution in [0.15, 0.2) is 0 Å². The van der Waals surface area contributed by atoms with Crippen LogP contribution in [0.2, 0.25) is 0 Å². The number of rotatable bonds is 3. The van der Waals surface area contributed by atoms with Crippen molar-refractivity contribution in [2.24, 2.45) is 5.73 Å². The number of hydrogen-bond acceptors (Lipinski definition) is 3. The Morgan fingerprint density at radius 2 is 2.38 bits per heavy atom. The number of carbonyl (C=O) groups is 1. The van der Waals surface area contributed by atoms with Gasteiger partial charge in [-0.25, -0.2) is 0 Å². The molecule has 0 aliphatic carbocycles. The van der Waals surface area contributed by atoms with Crippen molar-refractivity contribution in [3.63, 3.8) is 0 Å². The maximum absolute atomic E-state index is 10.4. The molecule has 0 heterocycles. The van der Waals surface area contributed by atoms with Crippen LogP contribution < -0.4 is 11.1 Å². The van der Waals surface area contributed by atoms with E-state index >= 15 is 0 Å². The van der Waals surface area contributed by atoms with Crippen LogP contribution >= 0.6 is 0 Å². The lowest BCUT2D eigenvalue weighted by atomic mass is 10.2. The molecule has 0 saturated heterocycles. The lowest BCUT2D eigenvalue weighted by molar-refractivity contribution is -0.118. The van der Waals surface area contributed by atoms with Gasteiger partial charge in [0, 0.05) is 6.54 Å². The maximum atomic E-state index is 10.4. The second-order valence-electron chi connectivity index (χ2n) is 1.77. The molecule has 0 bridgehead atoms. The summed E-state index contributed by atoms with van der Waals surface area (Å²) in [6.07, 6.45) is 0. The average Bonchev–Trinajstić information content (AvgIpc) is 1.67. The lowest BCUT2D eigenvalue weighted by Crippen LogP contribution is -2.37. The summed E-state index contributed by atoms with van der Waals surface area (Å²) in [6.45, 7) is 2.05. The van der Waals surface area contributed by atoms with E-state index in [1.807, 2.05) is 0 Å². The van der Waals surface area contributed by atoms with Crippen LogP contribution in [0.25, 0.3) is 0 Å². The van der Waals surface area contributed by atoms with E-state index in [9.17, 15) is 4.79 Å². The van der Waals surface area contributed by atoms with Crippen LogP contribution in [0.5, 0.6) is 0 Å². The van der Waals surface area contributed by atoms with Crippen LogP contribution in [0.3, 0.4) is 0 Å². The van der Waals surface area contributed by atoms with Gasteiger partial charge < -0.3 is 11.1 Å². The summed E-state index contributed by atoms with van der Waals surface area (Å²) in [5.74, 6) is 0.0272. The predicted molar refractivity (Wildman–Crippen MR) is 32.6 cm³/mol. The Morgan fingerprint density at radius 3 is 2.50 bits per heavy atom. The van der Waals surface area contributed by atoms with E-state index in [4.69, 9.17) is 5.73 Å². The first-order chi connectivity index (χ1) is 3.68. The Morgan fingerprint density at radius 1 is 1.88 bits per heavy atom. The van der Waals surface area contributed by atoms with Crippen molar-refractivity contribution >= 4 is 5.78 Å². The number of likely N-dealkylation sites (N-methyl/N-ethyl adjacent to an activating group) is 1. The van der Waals surface area contributed by atoms with Crippen molar-refractivity contribution in [1.29, 1.82) is 0 Å². The van der Waals surface area contributed by atoms with Gasteiger partial charge in [0.05, 0.1) is 6.04 Å². The van der Waals surface area contributed by atoms with Crippen molar-refractivity contribution < 1.29 is 4.79 Å². The number of Topliss-reactive ketones (excluding diaryl/α,β-unsaturated/α-hetero) is 1. The van der Waals surface area contributed by atoms with Gasteiger partial charge in [0.1, 0.15) is 5.78 Å². The van der Waals surface area contributed by atoms with Gasteiger partial charge in [-0.3, -0.25) is 4.79 Å². The van der Waals surface area contributed by atoms with E-state index < -0.39 is 0 Å². The molecule has 0 fully saturated rings. The molecule has 1 atom stereocenters. The molecule has 3 nitrogen and oxygen atoms in total. The molecule has 8 heavy (non-hydrogen) atoms. The van der Waals surface area contributed by atoms with Crippen molar-refractivity contribution in [2.45, 2.75) is 13.0 Å². The van der Waals surface area contributed by atoms with Gasteiger partial charge in [-0.2, -0.15) is 0 Å². The summed E-state index contributed by atoms with van der Waals surface area (Å²) >= 11 is 0. The summed E-state index contributed by atoms with van der Waals surface area (Å²) in [4.78, 5) is 10.4. The fraction of sp³-hybridized carbons (Fsp3) is 0.800. The topological polar surface area (TPSA) is 55.1 Å². The summed E-state index contributed by atoms with van der Waals surface area (Å²) in [5, 5.41) is 2.80. The summed E-state index contributed by atoms with van der Waals surface area (Å²) in [6, 6.07) is -0.333. The molecule has 0 aliphatic rings. The minimum atomic E-state index is -0.333. The van der Waals surface area contributed by atoms with Crippen molar-refractivity contribution in [1.82, 2.24) is 5.32 Å². The highest BCUT2D eigenvalue weighted by Crippen LogP contribution is 1.75. The normalized spacial score (nSPS) is 13.4. The number of carbonyl (C=O) groups excluding carboxylic acids is 1. The van der Waals surface area contributed by atoms with Gasteiger partial charge in [-0.15, -0.1) is 0 Å². The van der Waals surface area contributed by atoms with E-state index in [0.717, 1.165) is 0 Å². The quantitative estimate of drug-likeness (QED) is 0.503. The molecule has 0 unspecified atom stereocenters. The van der Waals surface area contributed by atoms with Crippen LogP contribution in [0.1, 0.15) is 6.92 Å². The highest BCUT2D eigenvalue weighted by atomic mass is 16.1. The molecular weight excluding hydrogens is 104 g/mol. The molecule has 0 amide bonds. The molecule has 0 aromatic heterocycles. The maximum Gasteiger partial charge on any atom is 0.147 e. The number of nitrogens with two attached hydrogens (primary N) is 1. The standard InChI is InChI=1S/C5H12N2O/c1-4(8)5(6)3-7-2/h5,7H,3,6H2,1-2H3/t5-/m1/s1. The Bertz CT molecular complexity index is 82.5. The molecule has 0 aromatic carbocycles. The van der Waals surface area contributed by atoms with E-state index in [-0.39, 0.29) is 11.8 Å². The number of ketones is 1. The van der Waals surface area contributed by atoms with Crippen molar-refractivity contribution in [3.05, 3.63) is 0 Å². The van der Waals surface area contributed by atoms with Crippen LogP contribution in [-0.2, 0) is 4.79 Å². The molecule has 0 aromatic rings. The predicted octanol–water partition coefficient (Wildman–Crippen LogP) is -0.878. The fourth-order valence-electron chi connectivity index (χ4n) is 0.364. The summed E-state index contributed by atoms with van der Waals surface area (Å²) < 4.78 is 0. The van der Waals surface area contributed by atoms with Crippen LogP contribution in [-0.4, -0.2) is 25.4 Å². The first-order valence-electron chi connectivity index (χ1n) is 2.59. The van der Waals surface area contributed by atoms with Crippen LogP contribution in [0, 0.1) is 0 Å². The molecule has 0 rings (SSSR count). The Balaban J connectivity index is 3.32. The third kappa shape index (κ3) is 2.71. The Hall–Kier alpha value is -0.410. The number of nitrogens with one attached hydrogen (secondary N) is 1. The zero-order valence-corrected chi connectivity index (χ0v) is 5.27. The summed E-state index contributed by atoms with van der Waals surface area (Å²) in [7, 11) is 1.77. The van der Waals surface area contributed by atoms with Gasteiger partial charge in [0.15, 0.2) is 0 Å². The van der Waals surface area contributed by atoms with Gasteiger partial charge in [0.2, 0.25) is 0 Å². The average molecular weight is 116 g/mol. The minimum Gasteiger partial charge on any atom is -0.320 e. The molecule has 0 saturated carbocycles. The zero-order chi connectivity index (χ0) is 6.57. The van der Waals surface area contributed by atoms with Crippen molar-refractivity contribution in [2.75, 3.05) is 13.6 Å². The van der Waals surface area contributed by atoms with Gasteiger partial charge in [-0.1, -0.05) is 0 Å². The van der Waals surface area contributed by atoms with E-state index in [1.165, 1.54) is 6.92 Å². The SMILES string of the molecule is CNC[C@@H](N)C(C)=O. The molecule has 0 aliphatic heterocycles. The monoisotopic (exact) mass is 116 g/mol. The Labute approximate surface area is 49.3 Å². The second kappa shape index (κ2) is 3.57. The van der Waals surface area contributed by atoms with Gasteiger partial charge >= 0.3 is 0 Å². The number of hydrogen-bond donors (Lipinski definition) is 2. The van der Waals surface area contributed by atoms with E-state index in [1.54, 1.807) is 7.05 Å². The zero-order valence-electron chi connectivity index (χ0n) is 5.27. The molecular formula is C5H12N2O. The highest BCUT2D eigenvalue weighted by molar-refractivity contribution is 5.81. The first-order valence-corrected chi connectivity index (χ1v) is 2.59. The Kier molecular flexibility index (Phi) is 3.39. The highest BCUT2D eigenvalue weighted by Gasteiger charge is 2.03.